The number of hydrogen-bond donors (Lipinski definition) is 1. The maximum absolute atomic E-state index is 12.0. The van der Waals surface area contributed by atoms with Gasteiger partial charge in [0.1, 0.15) is 5.75 Å². The quantitative estimate of drug-likeness (QED) is 0.270. The minimum Gasteiger partial charge on any atom is -0.449 e. The molecule has 0 aromatic heterocycles. The van der Waals surface area contributed by atoms with E-state index in [1.54, 1.807) is 0 Å². The van der Waals surface area contributed by atoms with Crippen LogP contribution in [0, 0.1) is 10.1 Å². The third-order valence-corrected chi connectivity index (χ3v) is 2.95. The zero-order chi connectivity index (χ0) is 21.3. The number of carbonyl (C=O) groups excluding carboxylic acids is 4. The summed E-state index contributed by atoms with van der Waals surface area (Å²) in [6, 6.07) is 5.87. The molecule has 0 saturated carbocycles. The molecule has 1 N–H and O–H groups in total. The number of nitrogens with one attached hydrogen (secondary N) is 1. The lowest BCUT2D eigenvalue weighted by molar-refractivity contribution is -0.754. The monoisotopic (exact) mass is 398 g/mol. The van der Waals surface area contributed by atoms with Crippen molar-refractivity contribution >= 4 is 29.5 Å². The highest BCUT2D eigenvalue weighted by molar-refractivity contribution is 5.88. The molecule has 152 valence electrons. The molecule has 0 bridgehead atoms. The number of nitrogens with zero attached hydrogens (tertiary/aromatic N) is 1. The van der Waals surface area contributed by atoms with Crippen molar-refractivity contribution < 1.29 is 43.3 Å². The van der Waals surface area contributed by atoms with Gasteiger partial charge in [0.15, 0.2) is 18.8 Å². The smallest absolute Gasteiger partial charge is 0.352 e. The van der Waals surface area contributed by atoms with Crippen molar-refractivity contribution in [2.75, 3.05) is 11.9 Å². The average molecular weight is 398 g/mol. The van der Waals surface area contributed by atoms with E-state index in [1.807, 2.05) is 0 Å². The highest BCUT2D eigenvalue weighted by Crippen LogP contribution is 2.16. The number of anilines is 1. The van der Waals surface area contributed by atoms with Gasteiger partial charge < -0.3 is 24.4 Å². The van der Waals surface area contributed by atoms with E-state index in [2.05, 4.69) is 14.9 Å². The van der Waals surface area contributed by atoms with E-state index in [1.165, 1.54) is 38.1 Å². The molecule has 0 saturated heterocycles. The van der Waals surface area contributed by atoms with E-state index in [0.29, 0.717) is 5.69 Å². The molecule has 0 heterocycles. The van der Waals surface area contributed by atoms with Crippen LogP contribution in [-0.2, 0) is 33.5 Å². The molecule has 0 aliphatic heterocycles. The summed E-state index contributed by atoms with van der Waals surface area (Å²) >= 11 is 0. The van der Waals surface area contributed by atoms with Crippen molar-refractivity contribution in [3.8, 4) is 5.75 Å². The maximum atomic E-state index is 12.0. The van der Waals surface area contributed by atoms with Gasteiger partial charge in [-0.1, -0.05) is 0 Å². The third kappa shape index (κ3) is 8.12. The van der Waals surface area contributed by atoms with Crippen LogP contribution >= 0.6 is 0 Å². The van der Waals surface area contributed by atoms with Crippen molar-refractivity contribution in [2.24, 2.45) is 0 Å². The number of hydrogen-bond acceptors (Lipinski definition) is 10. The second-order valence-corrected chi connectivity index (χ2v) is 5.33. The SMILES string of the molecule is CC(=O)Nc1ccc(OC(=O)C(C)OC(=O)C(C)OC(=O)CO[N+](=O)[O-])cc1. The zero-order valence-corrected chi connectivity index (χ0v) is 15.2. The first-order chi connectivity index (χ1) is 13.1. The molecule has 0 radical (unpaired) electrons. The van der Waals surface area contributed by atoms with Gasteiger partial charge in [0.25, 0.3) is 5.09 Å². The van der Waals surface area contributed by atoms with Crippen LogP contribution in [-0.4, -0.2) is 47.7 Å². The Morgan fingerprint density at radius 1 is 1.04 bits per heavy atom. The lowest BCUT2D eigenvalue weighted by Crippen LogP contribution is -2.34. The van der Waals surface area contributed by atoms with E-state index in [9.17, 15) is 29.3 Å². The second-order valence-electron chi connectivity index (χ2n) is 5.33. The number of ether oxygens (including phenoxy) is 3. The number of amides is 1. The number of rotatable bonds is 9. The summed E-state index contributed by atoms with van der Waals surface area (Å²) in [5, 5.41) is 11.3. The molecule has 28 heavy (non-hydrogen) atoms. The molecule has 2 unspecified atom stereocenters. The summed E-state index contributed by atoms with van der Waals surface area (Å²) in [6.07, 6.45) is -2.74. The highest BCUT2D eigenvalue weighted by atomic mass is 17.0. The normalized spacial score (nSPS) is 12.1. The molecular weight excluding hydrogens is 380 g/mol. The fraction of sp³-hybridized carbons (Fsp3) is 0.375. The maximum Gasteiger partial charge on any atom is 0.352 e. The van der Waals surface area contributed by atoms with Gasteiger partial charge in [-0.15, -0.1) is 10.1 Å². The summed E-state index contributed by atoms with van der Waals surface area (Å²) < 4.78 is 14.4. The fourth-order valence-electron chi connectivity index (χ4n) is 1.71. The third-order valence-electron chi connectivity index (χ3n) is 2.95. The van der Waals surface area contributed by atoms with E-state index < -0.39 is 41.8 Å². The molecule has 12 heteroatoms. The summed E-state index contributed by atoms with van der Waals surface area (Å²) in [5.74, 6) is -3.21. The van der Waals surface area contributed by atoms with Crippen LogP contribution in [0.1, 0.15) is 20.8 Å². The number of esters is 3. The zero-order valence-electron chi connectivity index (χ0n) is 15.2. The standard InChI is InChI=1S/C16H18N2O10/c1-9(26-14(20)8-25-18(23)24)15(21)27-10(2)16(22)28-13-6-4-12(5-7-13)17-11(3)19/h4-7,9-10H,8H2,1-3H3,(H,17,19). The largest absolute Gasteiger partial charge is 0.449 e. The van der Waals surface area contributed by atoms with Gasteiger partial charge in [0.2, 0.25) is 5.91 Å². The van der Waals surface area contributed by atoms with Crippen LogP contribution in [0.25, 0.3) is 0 Å². The lowest BCUT2D eigenvalue weighted by atomic mass is 10.3. The molecule has 2 atom stereocenters. The Kier molecular flexibility index (Phi) is 8.34. The molecule has 1 aromatic carbocycles. The Morgan fingerprint density at radius 2 is 1.61 bits per heavy atom. The molecule has 12 nitrogen and oxygen atoms in total. The minimum absolute atomic E-state index is 0.151. The molecular formula is C16H18N2O10. The van der Waals surface area contributed by atoms with Crippen LogP contribution in [0.3, 0.4) is 0 Å². The Bertz CT molecular complexity index is 746. The summed E-state index contributed by atoms with van der Waals surface area (Å²) in [5.41, 5.74) is 0.503. The lowest BCUT2D eigenvalue weighted by Gasteiger charge is -2.16. The molecule has 1 aromatic rings. The second kappa shape index (κ2) is 10.4. The van der Waals surface area contributed by atoms with Gasteiger partial charge in [-0.05, 0) is 38.1 Å². The first-order valence-corrected chi connectivity index (χ1v) is 7.85. The van der Waals surface area contributed by atoms with Gasteiger partial charge in [0, 0.05) is 12.6 Å². The predicted molar refractivity (Wildman–Crippen MR) is 90.4 cm³/mol. The summed E-state index contributed by atoms with van der Waals surface area (Å²) in [6.45, 7) is 2.76. The number of carbonyl (C=O) groups is 4. The van der Waals surface area contributed by atoms with Gasteiger partial charge in [0.05, 0.1) is 0 Å². The van der Waals surface area contributed by atoms with Crippen LogP contribution in [0.5, 0.6) is 5.75 Å². The van der Waals surface area contributed by atoms with Crippen molar-refractivity contribution in [3.63, 3.8) is 0 Å². The first kappa shape index (κ1) is 22.3. The van der Waals surface area contributed by atoms with Crippen LogP contribution in [0.4, 0.5) is 5.69 Å². The van der Waals surface area contributed by atoms with Gasteiger partial charge in [-0.2, -0.15) is 0 Å². The molecule has 1 rings (SSSR count). The van der Waals surface area contributed by atoms with Crippen LogP contribution in [0.2, 0.25) is 0 Å². The van der Waals surface area contributed by atoms with E-state index in [-0.39, 0.29) is 11.7 Å². The molecule has 1 amide bonds. The molecule has 0 fully saturated rings. The fourth-order valence-corrected chi connectivity index (χ4v) is 1.71. The Hall–Kier alpha value is -3.70. The molecule has 0 aliphatic carbocycles. The van der Waals surface area contributed by atoms with Gasteiger partial charge in [-0.3, -0.25) is 4.79 Å². The summed E-state index contributed by atoms with van der Waals surface area (Å²) in [7, 11) is 0. The van der Waals surface area contributed by atoms with Crippen molar-refractivity contribution in [3.05, 3.63) is 34.4 Å². The average Bonchev–Trinajstić information content (AvgIpc) is 2.60. The predicted octanol–water partition coefficient (Wildman–Crippen LogP) is 0.622. The number of benzene rings is 1. The molecule has 0 aliphatic rings. The Balaban J connectivity index is 2.49. The molecule has 0 spiro atoms. The first-order valence-electron chi connectivity index (χ1n) is 7.85. The Morgan fingerprint density at radius 3 is 2.14 bits per heavy atom. The highest BCUT2D eigenvalue weighted by Gasteiger charge is 2.26. The minimum atomic E-state index is -1.42. The Labute approximate surface area is 158 Å². The van der Waals surface area contributed by atoms with E-state index in [0.717, 1.165) is 6.92 Å². The van der Waals surface area contributed by atoms with E-state index >= 15 is 0 Å². The van der Waals surface area contributed by atoms with Gasteiger partial charge >= 0.3 is 17.9 Å². The van der Waals surface area contributed by atoms with Crippen molar-refractivity contribution in [1.82, 2.24) is 0 Å². The van der Waals surface area contributed by atoms with Crippen LogP contribution < -0.4 is 10.1 Å². The topological polar surface area (TPSA) is 160 Å². The summed E-state index contributed by atoms with van der Waals surface area (Å²) in [4.78, 5) is 59.7. The van der Waals surface area contributed by atoms with Gasteiger partial charge in [-0.25, -0.2) is 14.4 Å². The van der Waals surface area contributed by atoms with Crippen molar-refractivity contribution in [2.45, 2.75) is 33.0 Å². The van der Waals surface area contributed by atoms with Crippen LogP contribution in [0.15, 0.2) is 24.3 Å². The van der Waals surface area contributed by atoms with Crippen molar-refractivity contribution in [1.29, 1.82) is 0 Å². The van der Waals surface area contributed by atoms with E-state index in [4.69, 9.17) is 9.47 Å².